The molecule has 4 aromatic carbocycles. The summed E-state index contributed by atoms with van der Waals surface area (Å²) < 4.78 is 11.8. The lowest BCUT2D eigenvalue weighted by molar-refractivity contribution is -0.134. The van der Waals surface area contributed by atoms with Crippen molar-refractivity contribution in [3.63, 3.8) is 0 Å². The van der Waals surface area contributed by atoms with Gasteiger partial charge >= 0.3 is 11.9 Å². The van der Waals surface area contributed by atoms with Crippen molar-refractivity contribution >= 4 is 36.8 Å². The first-order valence-corrected chi connectivity index (χ1v) is 30.5. The highest BCUT2D eigenvalue weighted by molar-refractivity contribution is 5.88. The molecule has 6 rings (SSSR count). The fourth-order valence-electron chi connectivity index (χ4n) is 10.9. The number of phenols is 4. The van der Waals surface area contributed by atoms with Crippen molar-refractivity contribution in [2.45, 2.75) is 265 Å². The van der Waals surface area contributed by atoms with Crippen molar-refractivity contribution < 1.29 is 39.5 Å². The van der Waals surface area contributed by atoms with Crippen LogP contribution in [0, 0.1) is 0 Å². The molecule has 12 nitrogen and oxygen atoms in total. The van der Waals surface area contributed by atoms with Crippen LogP contribution in [0.3, 0.4) is 0 Å². The molecular formula is C71H100N4O8. The van der Waals surface area contributed by atoms with E-state index >= 15 is 0 Å². The van der Waals surface area contributed by atoms with Gasteiger partial charge in [0.15, 0.2) is 0 Å². The number of unbranched alkanes of at least 4 members (excludes halogenated alkanes) is 2. The van der Waals surface area contributed by atoms with Gasteiger partial charge in [-0.15, -0.1) is 0 Å². The smallest absolute Gasteiger partial charge is 0.311 e. The van der Waals surface area contributed by atoms with E-state index in [9.17, 15) is 30.0 Å². The normalized spacial score (nSPS) is 18.9. The maximum absolute atomic E-state index is 13.4. The molecule has 2 fully saturated rings. The molecule has 2 aliphatic carbocycles. The number of hydrogen-bond donors (Lipinski definition) is 4. The van der Waals surface area contributed by atoms with Gasteiger partial charge in [0.1, 0.15) is 34.5 Å². The molecule has 83 heavy (non-hydrogen) atoms. The molecule has 0 aromatic heterocycles. The van der Waals surface area contributed by atoms with Gasteiger partial charge in [-0.25, -0.2) is 0 Å². The third-order valence-corrected chi connectivity index (χ3v) is 16.2. The molecule has 2 aliphatic rings. The van der Waals surface area contributed by atoms with E-state index in [4.69, 9.17) is 29.4 Å². The van der Waals surface area contributed by atoms with Crippen molar-refractivity contribution in [2.75, 3.05) is 0 Å². The van der Waals surface area contributed by atoms with E-state index in [0.29, 0.717) is 64.1 Å². The second-order valence-electron chi connectivity index (χ2n) is 29.7. The summed E-state index contributed by atoms with van der Waals surface area (Å²) in [6.45, 7) is 37.6. The molecule has 0 unspecified atom stereocenters. The molecule has 452 valence electrons. The Bertz CT molecular complexity index is 2860. The largest absolute Gasteiger partial charge is 0.507 e. The monoisotopic (exact) mass is 1140 g/mol. The van der Waals surface area contributed by atoms with Gasteiger partial charge in [0, 0.05) is 82.2 Å². The minimum absolute atomic E-state index is 0.0827. The van der Waals surface area contributed by atoms with E-state index in [1.165, 1.54) is 0 Å². The fraction of sp³-hybridized carbons (Fsp3) is 0.577. The predicted molar refractivity (Wildman–Crippen MR) is 341 cm³/mol. The second kappa shape index (κ2) is 26.3. The lowest BCUT2D eigenvalue weighted by Crippen LogP contribution is -2.27. The number of phenolic OH excluding ortho intramolecular Hbond substituents is 4. The summed E-state index contributed by atoms with van der Waals surface area (Å²) in [5, 5.41) is 46.0. The Morgan fingerprint density at radius 1 is 0.386 bits per heavy atom. The second-order valence-corrected chi connectivity index (χ2v) is 29.7. The minimum atomic E-state index is -0.473. The van der Waals surface area contributed by atoms with E-state index in [1.54, 1.807) is 49.1 Å². The van der Waals surface area contributed by atoms with Crippen LogP contribution in [0.4, 0.5) is 0 Å². The Morgan fingerprint density at radius 2 is 0.639 bits per heavy atom. The highest BCUT2D eigenvalue weighted by Gasteiger charge is 2.31. The summed E-state index contributed by atoms with van der Waals surface area (Å²) in [5.41, 5.74) is 5.88. The molecule has 4 atom stereocenters. The summed E-state index contributed by atoms with van der Waals surface area (Å²) in [6, 6.07) is 14.5. The maximum Gasteiger partial charge on any atom is 0.311 e. The van der Waals surface area contributed by atoms with E-state index in [-0.39, 0.29) is 81.7 Å². The average molecular weight is 1140 g/mol. The highest BCUT2D eigenvalue weighted by Crippen LogP contribution is 2.42. The molecular weight excluding hydrogens is 1040 g/mol. The number of benzene rings is 4. The lowest BCUT2D eigenvalue weighted by Gasteiger charge is -2.28. The molecule has 2 saturated carbocycles. The maximum atomic E-state index is 13.4. The molecule has 0 bridgehead atoms. The van der Waals surface area contributed by atoms with Crippen LogP contribution >= 0.6 is 0 Å². The topological polar surface area (TPSA) is 183 Å². The zero-order valence-electron chi connectivity index (χ0n) is 53.6. The molecule has 0 aliphatic heterocycles. The third-order valence-electron chi connectivity index (χ3n) is 16.2. The highest BCUT2D eigenvalue weighted by atomic mass is 16.5. The summed E-state index contributed by atoms with van der Waals surface area (Å²) in [4.78, 5) is 46.8. The number of ether oxygens (including phenoxy) is 2. The fourth-order valence-corrected chi connectivity index (χ4v) is 10.9. The number of carbonyl (C=O) groups is 2. The Morgan fingerprint density at radius 3 is 0.892 bits per heavy atom. The van der Waals surface area contributed by atoms with Crippen LogP contribution in [0.1, 0.15) is 264 Å². The molecule has 4 aromatic rings. The number of aromatic hydroxyl groups is 4. The van der Waals surface area contributed by atoms with Gasteiger partial charge in [-0.1, -0.05) is 169 Å². The van der Waals surface area contributed by atoms with Crippen LogP contribution in [0.15, 0.2) is 68.5 Å². The number of hydrogen-bond acceptors (Lipinski definition) is 12. The number of esters is 2. The molecule has 0 spiro atoms. The van der Waals surface area contributed by atoms with Crippen molar-refractivity contribution in [3.8, 4) is 34.5 Å². The molecule has 0 saturated heterocycles. The molecule has 0 radical (unpaired) electrons. The first kappa shape index (κ1) is 65.8. The average Bonchev–Trinajstić information content (AvgIpc) is 2.51. The SMILES string of the molecule is CC(C)(C)c1cc(C=N[C@@H]2CCCC[C@H]2N=Cc2cc(OC(=O)CCCCCC(=O)Oc3cc(C=N[C@@H]4CCCC[C@H]4N=Cc4cc(C(C)(C)C)cc(C(C)(C)C)c4O)c(O)c(C(C)(C)C)c3)cc(C(C)(C)C)c2O)c(O)c(C(C)(C)C)c1. The number of carbonyl (C=O) groups excluding carboxylic acids is 2. The molecule has 12 heteroatoms. The molecule has 0 heterocycles. The Hall–Kier alpha value is -6.30. The van der Waals surface area contributed by atoms with Gasteiger partial charge in [-0.3, -0.25) is 29.6 Å². The lowest BCUT2D eigenvalue weighted by atomic mass is 9.79. The Balaban J connectivity index is 1.08. The van der Waals surface area contributed by atoms with E-state index < -0.39 is 22.8 Å². The minimum Gasteiger partial charge on any atom is -0.507 e. The summed E-state index contributed by atoms with van der Waals surface area (Å²) in [6.07, 6.45) is 16.2. The van der Waals surface area contributed by atoms with Gasteiger partial charge in [0.05, 0.1) is 24.2 Å². The van der Waals surface area contributed by atoms with Gasteiger partial charge in [0.2, 0.25) is 0 Å². The van der Waals surface area contributed by atoms with Gasteiger partial charge in [-0.05, 0) is 119 Å². The van der Waals surface area contributed by atoms with Crippen molar-refractivity contribution in [1.29, 1.82) is 0 Å². The Labute approximate surface area is 497 Å². The van der Waals surface area contributed by atoms with Gasteiger partial charge in [-0.2, -0.15) is 0 Å². The Kier molecular flexibility index (Phi) is 20.9. The number of aliphatic imine (C=N–C) groups is 4. The van der Waals surface area contributed by atoms with Gasteiger partial charge < -0.3 is 29.9 Å². The molecule has 0 amide bonds. The third kappa shape index (κ3) is 17.9. The predicted octanol–water partition coefficient (Wildman–Crippen LogP) is 16.5. The van der Waals surface area contributed by atoms with Crippen LogP contribution < -0.4 is 9.47 Å². The van der Waals surface area contributed by atoms with Crippen LogP contribution in [0.2, 0.25) is 0 Å². The molecule has 4 N–H and O–H groups in total. The first-order valence-electron chi connectivity index (χ1n) is 30.5. The number of rotatable bonds is 16. The van der Waals surface area contributed by atoms with Crippen molar-refractivity contribution in [3.05, 3.63) is 104 Å². The van der Waals surface area contributed by atoms with E-state index in [0.717, 1.165) is 73.6 Å². The standard InChI is InChI=1S/C71H100N4O8/c1-66(2,3)48-32-44(62(78)52(36-48)68(7,8)9)40-72-56-26-22-24-28-58(56)74-42-46-34-50(38-54(64(46)80)70(13,14)15)82-60(76)30-20-19-21-31-61(77)83-51-35-47(65(81)55(39-51)71(16,17)18)43-75-59-29-25-23-27-57(59)73-41-45-33-49(67(4,5)6)37-53(63(45)79)69(10,11)12/h32-43,56-59,78-81H,19-31H2,1-18H3/t56-,57-,58-,59-/m1/s1. The quantitative estimate of drug-likeness (QED) is 0.0370. The van der Waals surface area contributed by atoms with E-state index in [2.05, 4.69) is 95.2 Å². The van der Waals surface area contributed by atoms with Crippen LogP contribution in [-0.2, 0) is 42.1 Å². The number of nitrogens with zero attached hydrogens (tertiary/aromatic N) is 4. The van der Waals surface area contributed by atoms with Crippen molar-refractivity contribution in [2.24, 2.45) is 20.0 Å². The van der Waals surface area contributed by atoms with Gasteiger partial charge in [0.25, 0.3) is 0 Å². The summed E-state index contributed by atoms with van der Waals surface area (Å²) >= 11 is 0. The summed E-state index contributed by atoms with van der Waals surface area (Å²) in [5.74, 6) is 0.457. The van der Waals surface area contributed by atoms with Crippen molar-refractivity contribution in [1.82, 2.24) is 0 Å². The van der Waals surface area contributed by atoms with Crippen LogP contribution in [0.25, 0.3) is 0 Å². The van der Waals surface area contributed by atoms with Crippen LogP contribution in [0.5, 0.6) is 34.5 Å². The zero-order chi connectivity index (χ0) is 61.6. The summed E-state index contributed by atoms with van der Waals surface area (Å²) in [7, 11) is 0. The first-order chi connectivity index (χ1) is 38.4. The van der Waals surface area contributed by atoms with E-state index in [1.807, 2.05) is 53.7 Å². The van der Waals surface area contributed by atoms with Crippen LogP contribution in [-0.4, -0.2) is 81.4 Å². The zero-order valence-corrected chi connectivity index (χ0v) is 53.6.